The third-order valence-corrected chi connectivity index (χ3v) is 2.51. The average Bonchev–Trinajstić information content (AvgIpc) is 2.23. The summed E-state index contributed by atoms with van der Waals surface area (Å²) in [6.45, 7) is 1.85. The fourth-order valence-corrected chi connectivity index (χ4v) is 1.68. The second kappa shape index (κ2) is 3.77. The van der Waals surface area contributed by atoms with E-state index in [1.807, 2.05) is 6.92 Å². The highest BCUT2D eigenvalue weighted by Gasteiger charge is 2.12. The van der Waals surface area contributed by atoms with Crippen LogP contribution in [0.1, 0.15) is 5.56 Å². The first-order chi connectivity index (χ1) is 7.59. The number of phenols is 3. The molecule has 2 rings (SSSR count). The normalized spacial score (nSPS) is 10.3. The fourth-order valence-electron chi connectivity index (χ4n) is 1.68. The third-order valence-electron chi connectivity index (χ3n) is 2.51. The molecule has 0 unspecified atom stereocenters. The van der Waals surface area contributed by atoms with Gasteiger partial charge in [0.2, 0.25) is 0 Å². The molecule has 0 saturated heterocycles. The van der Waals surface area contributed by atoms with Crippen molar-refractivity contribution >= 4 is 0 Å². The van der Waals surface area contributed by atoms with Crippen LogP contribution in [0.3, 0.4) is 0 Å². The zero-order valence-electron chi connectivity index (χ0n) is 8.81. The maximum Gasteiger partial charge on any atom is 0.127 e. The Bertz CT molecular complexity index is 512. The summed E-state index contributed by atoms with van der Waals surface area (Å²) in [6, 6.07) is 9.37. The molecule has 0 aliphatic carbocycles. The molecule has 0 fully saturated rings. The molecule has 2 aromatic rings. The second-order valence-electron chi connectivity index (χ2n) is 3.67. The van der Waals surface area contributed by atoms with E-state index >= 15 is 0 Å². The fraction of sp³-hybridized carbons (Fsp3) is 0.0769. The van der Waals surface area contributed by atoms with Gasteiger partial charge in [0.05, 0.1) is 5.56 Å². The standard InChI is InChI=1S/C13H12O3/c1-8-5-6-9(14)7-10(8)13-11(15)3-2-4-12(13)16/h2-7,14-16H,1H3. The minimum Gasteiger partial charge on any atom is -0.508 e. The molecule has 3 heteroatoms. The van der Waals surface area contributed by atoms with Crippen LogP contribution >= 0.6 is 0 Å². The number of aromatic hydroxyl groups is 3. The Balaban J connectivity index is 2.72. The summed E-state index contributed by atoms with van der Waals surface area (Å²) in [5.41, 5.74) is 1.83. The van der Waals surface area contributed by atoms with Crippen LogP contribution in [-0.4, -0.2) is 15.3 Å². The van der Waals surface area contributed by atoms with E-state index in [1.54, 1.807) is 18.2 Å². The van der Waals surface area contributed by atoms with Crippen LogP contribution in [0.2, 0.25) is 0 Å². The lowest BCUT2D eigenvalue weighted by Crippen LogP contribution is -1.85. The molecule has 0 heterocycles. The summed E-state index contributed by atoms with van der Waals surface area (Å²) < 4.78 is 0. The van der Waals surface area contributed by atoms with Gasteiger partial charge < -0.3 is 15.3 Å². The Labute approximate surface area is 93.2 Å². The van der Waals surface area contributed by atoms with E-state index in [2.05, 4.69) is 0 Å². The molecule has 3 N–H and O–H groups in total. The molecule has 0 aromatic heterocycles. The Morgan fingerprint density at radius 1 is 0.875 bits per heavy atom. The average molecular weight is 216 g/mol. The first kappa shape index (κ1) is 10.4. The van der Waals surface area contributed by atoms with Crippen LogP contribution in [0.5, 0.6) is 17.2 Å². The van der Waals surface area contributed by atoms with Gasteiger partial charge in [0.1, 0.15) is 17.2 Å². The van der Waals surface area contributed by atoms with Gasteiger partial charge in [-0.1, -0.05) is 12.1 Å². The van der Waals surface area contributed by atoms with Crippen LogP contribution in [0.25, 0.3) is 11.1 Å². The third kappa shape index (κ3) is 1.67. The summed E-state index contributed by atoms with van der Waals surface area (Å²) in [5, 5.41) is 28.9. The molecular weight excluding hydrogens is 204 g/mol. The highest BCUT2D eigenvalue weighted by molar-refractivity contribution is 5.79. The van der Waals surface area contributed by atoms with Crippen molar-refractivity contribution in [2.75, 3.05) is 0 Å². The van der Waals surface area contributed by atoms with Gasteiger partial charge in [0.15, 0.2) is 0 Å². The molecule has 82 valence electrons. The van der Waals surface area contributed by atoms with Crippen molar-refractivity contribution < 1.29 is 15.3 Å². The summed E-state index contributed by atoms with van der Waals surface area (Å²) in [5.74, 6) is 0.0886. The molecule has 0 aliphatic rings. The Hall–Kier alpha value is -2.16. The zero-order valence-corrected chi connectivity index (χ0v) is 8.81. The van der Waals surface area contributed by atoms with E-state index in [1.165, 1.54) is 18.2 Å². The molecule has 0 radical (unpaired) electrons. The van der Waals surface area contributed by atoms with E-state index < -0.39 is 0 Å². The van der Waals surface area contributed by atoms with Crippen molar-refractivity contribution in [3.63, 3.8) is 0 Å². The van der Waals surface area contributed by atoms with Gasteiger partial charge in [-0.25, -0.2) is 0 Å². The molecule has 0 aliphatic heterocycles. The van der Waals surface area contributed by atoms with E-state index in [9.17, 15) is 15.3 Å². The van der Waals surface area contributed by atoms with Crippen molar-refractivity contribution in [1.29, 1.82) is 0 Å². The summed E-state index contributed by atoms with van der Waals surface area (Å²) in [4.78, 5) is 0. The molecule has 2 aromatic carbocycles. The minimum atomic E-state index is -0.00583. The molecule has 0 saturated carbocycles. The number of hydrogen-bond donors (Lipinski definition) is 3. The number of benzene rings is 2. The van der Waals surface area contributed by atoms with Crippen molar-refractivity contribution in [1.82, 2.24) is 0 Å². The van der Waals surface area contributed by atoms with Crippen molar-refractivity contribution in [2.24, 2.45) is 0 Å². The van der Waals surface area contributed by atoms with Crippen LogP contribution < -0.4 is 0 Å². The first-order valence-electron chi connectivity index (χ1n) is 4.90. The van der Waals surface area contributed by atoms with Gasteiger partial charge in [-0.3, -0.25) is 0 Å². The van der Waals surface area contributed by atoms with E-state index in [4.69, 9.17) is 0 Å². The molecular formula is C13H12O3. The van der Waals surface area contributed by atoms with Gasteiger partial charge in [0, 0.05) is 0 Å². The lowest BCUT2D eigenvalue weighted by atomic mass is 9.98. The van der Waals surface area contributed by atoms with Crippen LogP contribution in [-0.2, 0) is 0 Å². The Morgan fingerprint density at radius 3 is 2.12 bits per heavy atom. The summed E-state index contributed by atoms with van der Waals surface area (Å²) >= 11 is 0. The lowest BCUT2D eigenvalue weighted by Gasteiger charge is -2.10. The van der Waals surface area contributed by atoms with Crippen molar-refractivity contribution in [3.8, 4) is 28.4 Å². The first-order valence-corrected chi connectivity index (χ1v) is 4.90. The number of rotatable bonds is 1. The maximum atomic E-state index is 9.72. The van der Waals surface area contributed by atoms with Crippen molar-refractivity contribution in [3.05, 3.63) is 42.0 Å². The molecule has 0 amide bonds. The van der Waals surface area contributed by atoms with Crippen LogP contribution in [0, 0.1) is 6.92 Å². The highest BCUT2D eigenvalue weighted by atomic mass is 16.3. The van der Waals surface area contributed by atoms with Crippen molar-refractivity contribution in [2.45, 2.75) is 6.92 Å². The van der Waals surface area contributed by atoms with E-state index in [0.29, 0.717) is 11.1 Å². The molecule has 16 heavy (non-hydrogen) atoms. The van der Waals surface area contributed by atoms with Gasteiger partial charge in [-0.15, -0.1) is 0 Å². The number of phenolic OH excluding ortho intramolecular Hbond substituents is 3. The molecule has 3 nitrogen and oxygen atoms in total. The predicted octanol–water partition coefficient (Wildman–Crippen LogP) is 2.78. The summed E-state index contributed by atoms with van der Waals surface area (Å²) in [6.07, 6.45) is 0. The minimum absolute atomic E-state index is 0.00583. The van der Waals surface area contributed by atoms with Gasteiger partial charge in [0.25, 0.3) is 0 Å². The number of aryl methyl sites for hydroxylation is 1. The SMILES string of the molecule is Cc1ccc(O)cc1-c1c(O)cccc1O. The van der Waals surface area contributed by atoms with E-state index in [0.717, 1.165) is 5.56 Å². The smallest absolute Gasteiger partial charge is 0.127 e. The van der Waals surface area contributed by atoms with Crippen LogP contribution in [0.4, 0.5) is 0 Å². The summed E-state index contributed by atoms with van der Waals surface area (Å²) in [7, 11) is 0. The largest absolute Gasteiger partial charge is 0.508 e. The Morgan fingerprint density at radius 2 is 1.50 bits per heavy atom. The second-order valence-corrected chi connectivity index (χ2v) is 3.67. The maximum absolute atomic E-state index is 9.72. The van der Waals surface area contributed by atoms with Gasteiger partial charge >= 0.3 is 0 Å². The quantitative estimate of drug-likeness (QED) is 0.686. The highest BCUT2D eigenvalue weighted by Crippen LogP contribution is 2.39. The molecule has 0 atom stereocenters. The topological polar surface area (TPSA) is 60.7 Å². The Kier molecular flexibility index (Phi) is 2.44. The monoisotopic (exact) mass is 216 g/mol. The van der Waals surface area contributed by atoms with Gasteiger partial charge in [-0.2, -0.15) is 0 Å². The van der Waals surface area contributed by atoms with E-state index in [-0.39, 0.29) is 17.2 Å². The van der Waals surface area contributed by atoms with Gasteiger partial charge in [-0.05, 0) is 42.3 Å². The predicted molar refractivity (Wildman–Crippen MR) is 61.6 cm³/mol. The number of hydrogen-bond acceptors (Lipinski definition) is 3. The zero-order chi connectivity index (χ0) is 11.7. The van der Waals surface area contributed by atoms with Crippen LogP contribution in [0.15, 0.2) is 36.4 Å². The molecule has 0 spiro atoms. The molecule has 0 bridgehead atoms. The lowest BCUT2D eigenvalue weighted by molar-refractivity contribution is 0.454.